The zero-order valence-electron chi connectivity index (χ0n) is 12.5. The first-order chi connectivity index (χ1) is 11.8. The van der Waals surface area contributed by atoms with E-state index in [9.17, 15) is 23.1 Å². The molecule has 0 saturated carbocycles. The fourth-order valence-corrected chi connectivity index (χ4v) is 3.02. The van der Waals surface area contributed by atoms with Crippen LogP contribution < -0.4 is 19.9 Å². The van der Waals surface area contributed by atoms with E-state index in [1.54, 1.807) is 18.2 Å². The minimum atomic E-state index is -4.58. The van der Waals surface area contributed by atoms with Gasteiger partial charge in [-0.2, -0.15) is 18.3 Å². The first-order valence-corrected chi connectivity index (χ1v) is 7.36. The Labute approximate surface area is 139 Å². The maximum atomic E-state index is 13.4. The van der Waals surface area contributed by atoms with Gasteiger partial charge in [0.2, 0.25) is 6.79 Å². The van der Waals surface area contributed by atoms with Crippen molar-refractivity contribution in [1.29, 1.82) is 0 Å². The Morgan fingerprint density at radius 2 is 2.04 bits per heavy atom. The van der Waals surface area contributed by atoms with Crippen LogP contribution in [0, 0.1) is 0 Å². The molecule has 2 aliphatic rings. The van der Waals surface area contributed by atoms with Crippen molar-refractivity contribution in [2.45, 2.75) is 24.7 Å². The van der Waals surface area contributed by atoms with Crippen LogP contribution in [0.2, 0.25) is 0 Å². The number of nitrogens with zero attached hydrogens (tertiary/aromatic N) is 2. The molecule has 0 spiro atoms. The van der Waals surface area contributed by atoms with Gasteiger partial charge in [0.05, 0.1) is 12.0 Å². The van der Waals surface area contributed by atoms with Crippen molar-refractivity contribution < 1.29 is 32.5 Å². The number of alkyl halides is 3. The maximum Gasteiger partial charge on any atom is 0.410 e. The Bertz CT molecular complexity index is 849. The van der Waals surface area contributed by atoms with Crippen LogP contribution in [0.4, 0.5) is 19.0 Å². The second-order valence-corrected chi connectivity index (χ2v) is 5.75. The van der Waals surface area contributed by atoms with E-state index < -0.39 is 29.9 Å². The highest BCUT2D eigenvalue weighted by molar-refractivity contribution is 5.84. The number of nitrogens with one attached hydrogen (secondary N) is 1. The summed E-state index contributed by atoms with van der Waals surface area (Å²) in [4.78, 5) is 10.9. The zero-order chi connectivity index (χ0) is 17.8. The Hall–Kier alpha value is -2.91. The third-order valence-corrected chi connectivity index (χ3v) is 4.20. The first-order valence-electron chi connectivity index (χ1n) is 7.36. The second-order valence-electron chi connectivity index (χ2n) is 5.75. The van der Waals surface area contributed by atoms with Gasteiger partial charge in [0, 0.05) is 12.5 Å². The van der Waals surface area contributed by atoms with Crippen LogP contribution >= 0.6 is 0 Å². The lowest BCUT2D eigenvalue weighted by atomic mass is 9.96. The highest BCUT2D eigenvalue weighted by Crippen LogP contribution is 2.45. The Kier molecular flexibility index (Phi) is 3.31. The molecule has 2 atom stereocenters. The van der Waals surface area contributed by atoms with Crippen LogP contribution in [0.3, 0.4) is 0 Å². The maximum absolute atomic E-state index is 13.4. The molecular formula is C15H11F3N3O4-. The number of hydrogen-bond donors (Lipinski definition) is 1. The van der Waals surface area contributed by atoms with Crippen LogP contribution in [-0.4, -0.2) is 28.7 Å². The van der Waals surface area contributed by atoms with Crippen molar-refractivity contribution >= 4 is 11.8 Å². The number of carbonyl (C=O) groups excluding carboxylic acids is 1. The van der Waals surface area contributed by atoms with Gasteiger partial charge >= 0.3 is 6.18 Å². The van der Waals surface area contributed by atoms with Crippen molar-refractivity contribution in [3.63, 3.8) is 0 Å². The largest absolute Gasteiger partial charge is 0.543 e. The van der Waals surface area contributed by atoms with Gasteiger partial charge in [0.1, 0.15) is 11.5 Å². The Morgan fingerprint density at radius 1 is 1.28 bits per heavy atom. The van der Waals surface area contributed by atoms with Gasteiger partial charge < -0.3 is 24.7 Å². The number of carboxylic acids is 1. The summed E-state index contributed by atoms with van der Waals surface area (Å²) >= 11 is 0. The van der Waals surface area contributed by atoms with Gasteiger partial charge in [-0.15, -0.1) is 0 Å². The number of rotatable bonds is 2. The van der Waals surface area contributed by atoms with E-state index in [0.717, 1.165) is 6.07 Å². The monoisotopic (exact) mass is 354 g/mol. The molecule has 0 amide bonds. The molecule has 0 saturated heterocycles. The van der Waals surface area contributed by atoms with E-state index in [4.69, 9.17) is 9.47 Å². The average molecular weight is 354 g/mol. The molecule has 1 aromatic heterocycles. The molecule has 0 unspecified atom stereocenters. The number of aromatic nitrogens is 2. The third-order valence-electron chi connectivity index (χ3n) is 4.20. The van der Waals surface area contributed by atoms with Crippen LogP contribution in [0.1, 0.15) is 34.6 Å². The lowest BCUT2D eigenvalue weighted by Crippen LogP contribution is -2.35. The summed E-state index contributed by atoms with van der Waals surface area (Å²) < 4.78 is 51.4. The molecule has 4 rings (SSSR count). The normalized spacial score (nSPS) is 21.6. The molecule has 2 aromatic rings. The number of benzene rings is 1. The highest BCUT2D eigenvalue weighted by atomic mass is 19.4. The van der Waals surface area contributed by atoms with Gasteiger partial charge in [-0.3, -0.25) is 0 Å². The SMILES string of the molecule is O=C([O-])c1cc2n(n1)[C@@H](C(F)(F)F)C[C@@H](c1ccc3c(c1)OCO3)N2. The fourth-order valence-electron chi connectivity index (χ4n) is 3.02. The highest BCUT2D eigenvalue weighted by Gasteiger charge is 2.46. The van der Waals surface area contributed by atoms with Crippen molar-refractivity contribution in [3.8, 4) is 11.5 Å². The van der Waals surface area contributed by atoms with E-state index in [-0.39, 0.29) is 19.0 Å². The van der Waals surface area contributed by atoms with Gasteiger partial charge in [-0.25, -0.2) is 4.68 Å². The summed E-state index contributed by atoms with van der Waals surface area (Å²) in [6.45, 7) is 0.0593. The second kappa shape index (κ2) is 5.30. The molecule has 2 aliphatic heterocycles. The van der Waals surface area contributed by atoms with Crippen LogP contribution in [0.5, 0.6) is 11.5 Å². The molecule has 0 radical (unpaired) electrons. The van der Waals surface area contributed by atoms with Crippen molar-refractivity contribution in [2.75, 3.05) is 12.1 Å². The lowest BCUT2D eigenvalue weighted by molar-refractivity contribution is -0.255. The molecule has 0 fully saturated rings. The predicted molar refractivity (Wildman–Crippen MR) is 75.2 cm³/mol. The molecule has 1 aromatic carbocycles. The molecule has 1 N–H and O–H groups in total. The van der Waals surface area contributed by atoms with Crippen molar-refractivity contribution in [1.82, 2.24) is 9.78 Å². The fraction of sp³-hybridized carbons (Fsp3) is 0.333. The van der Waals surface area contributed by atoms with Gasteiger partial charge in [0.15, 0.2) is 17.5 Å². The smallest absolute Gasteiger partial charge is 0.410 e. The van der Waals surface area contributed by atoms with E-state index >= 15 is 0 Å². The summed E-state index contributed by atoms with van der Waals surface area (Å²) in [5, 5.41) is 17.3. The minimum absolute atomic E-state index is 0.0320. The van der Waals surface area contributed by atoms with Crippen LogP contribution in [-0.2, 0) is 0 Å². The number of aromatic carboxylic acids is 1. The van der Waals surface area contributed by atoms with Gasteiger partial charge in [-0.1, -0.05) is 6.07 Å². The van der Waals surface area contributed by atoms with E-state index in [2.05, 4.69) is 10.4 Å². The summed E-state index contributed by atoms with van der Waals surface area (Å²) in [5.74, 6) is -0.687. The van der Waals surface area contributed by atoms with Gasteiger partial charge in [-0.05, 0) is 17.7 Å². The van der Waals surface area contributed by atoms with Crippen molar-refractivity contribution in [3.05, 3.63) is 35.5 Å². The summed E-state index contributed by atoms with van der Waals surface area (Å²) in [7, 11) is 0. The number of anilines is 1. The summed E-state index contributed by atoms with van der Waals surface area (Å²) in [5.41, 5.74) is 0.0176. The zero-order valence-corrected chi connectivity index (χ0v) is 12.5. The van der Waals surface area contributed by atoms with Crippen LogP contribution in [0.15, 0.2) is 24.3 Å². The molecule has 0 aliphatic carbocycles. The molecular weight excluding hydrogens is 343 g/mol. The quantitative estimate of drug-likeness (QED) is 0.882. The van der Waals surface area contributed by atoms with Crippen LogP contribution in [0.25, 0.3) is 0 Å². The number of ether oxygens (including phenoxy) is 2. The number of carbonyl (C=O) groups is 1. The Balaban J connectivity index is 1.73. The third kappa shape index (κ3) is 2.63. The molecule has 7 nitrogen and oxygen atoms in total. The van der Waals surface area contributed by atoms with Crippen molar-refractivity contribution in [2.24, 2.45) is 0 Å². The predicted octanol–water partition coefficient (Wildman–Crippen LogP) is 1.64. The molecule has 10 heteroatoms. The number of hydrogen-bond acceptors (Lipinski definition) is 6. The molecule has 3 heterocycles. The van der Waals surface area contributed by atoms with Gasteiger partial charge in [0.25, 0.3) is 0 Å². The summed E-state index contributed by atoms with van der Waals surface area (Å²) in [6.07, 6.45) is -4.93. The van der Waals surface area contributed by atoms with E-state index in [1.165, 1.54) is 0 Å². The standard InChI is InChI=1S/C15H12F3N3O4/c16-15(17,18)12-4-8(7-1-2-10-11(3-7)25-6-24-10)19-13-5-9(14(22)23)20-21(12)13/h1-3,5,8,12,19H,4,6H2,(H,22,23)/p-1/t8-,12+/m0/s1. The summed E-state index contributed by atoms with van der Waals surface area (Å²) in [6, 6.07) is 3.27. The lowest BCUT2D eigenvalue weighted by Gasteiger charge is -2.33. The Morgan fingerprint density at radius 3 is 2.76 bits per heavy atom. The molecule has 132 valence electrons. The number of halogens is 3. The average Bonchev–Trinajstić information content (AvgIpc) is 3.18. The molecule has 0 bridgehead atoms. The van der Waals surface area contributed by atoms with E-state index in [0.29, 0.717) is 21.7 Å². The number of carboxylic acid groups (broad SMARTS) is 1. The van der Waals surface area contributed by atoms with E-state index in [1.807, 2.05) is 0 Å². The number of fused-ring (bicyclic) bond motifs is 2. The minimum Gasteiger partial charge on any atom is -0.543 e. The molecule has 25 heavy (non-hydrogen) atoms. The first kappa shape index (κ1) is 15.6. The topological polar surface area (TPSA) is 88.4 Å².